The molecule has 3 aromatic rings. The topological polar surface area (TPSA) is 65.5 Å². The zero-order valence-corrected chi connectivity index (χ0v) is 12.6. The van der Waals surface area contributed by atoms with E-state index < -0.39 is 5.97 Å². The van der Waals surface area contributed by atoms with Crippen LogP contribution in [0, 0.1) is 6.92 Å². The van der Waals surface area contributed by atoms with Crippen molar-refractivity contribution < 1.29 is 18.4 Å². The molecule has 0 bridgehead atoms. The average molecular weight is 309 g/mol. The number of benzene rings is 1. The Labute approximate surface area is 133 Å². The molecule has 116 valence electrons. The molecular weight excluding hydrogens is 294 g/mol. The van der Waals surface area contributed by atoms with Gasteiger partial charge in [0.15, 0.2) is 0 Å². The second-order valence-electron chi connectivity index (χ2n) is 4.84. The standard InChI is InChI=1S/C18H15NO4/c1-13-16(19-18(23-13)14-6-3-2-4-7-14)12-22-17(20)10-9-15-8-5-11-21-15/h2-11H,12H2,1H3/b10-9+. The molecule has 5 nitrogen and oxygen atoms in total. The smallest absolute Gasteiger partial charge is 0.331 e. The first kappa shape index (κ1) is 14.8. The summed E-state index contributed by atoms with van der Waals surface area (Å²) in [6.45, 7) is 1.85. The third-order valence-electron chi connectivity index (χ3n) is 3.19. The van der Waals surface area contributed by atoms with Gasteiger partial charge in [0.1, 0.15) is 23.8 Å². The summed E-state index contributed by atoms with van der Waals surface area (Å²) < 4.78 is 15.9. The van der Waals surface area contributed by atoms with Crippen LogP contribution in [0.15, 0.2) is 63.6 Å². The van der Waals surface area contributed by atoms with Crippen molar-refractivity contribution in [1.82, 2.24) is 4.98 Å². The Morgan fingerprint density at radius 3 is 2.78 bits per heavy atom. The number of hydrogen-bond acceptors (Lipinski definition) is 5. The highest BCUT2D eigenvalue weighted by atomic mass is 16.5. The van der Waals surface area contributed by atoms with E-state index >= 15 is 0 Å². The summed E-state index contributed by atoms with van der Waals surface area (Å²) in [6.07, 6.45) is 4.40. The van der Waals surface area contributed by atoms with E-state index in [1.807, 2.05) is 30.3 Å². The van der Waals surface area contributed by atoms with Gasteiger partial charge in [-0.2, -0.15) is 0 Å². The van der Waals surface area contributed by atoms with Crippen molar-refractivity contribution in [1.29, 1.82) is 0 Å². The van der Waals surface area contributed by atoms with Gasteiger partial charge in [-0.15, -0.1) is 0 Å². The predicted molar refractivity (Wildman–Crippen MR) is 84.2 cm³/mol. The lowest BCUT2D eigenvalue weighted by atomic mass is 10.2. The van der Waals surface area contributed by atoms with Crippen molar-refractivity contribution in [3.63, 3.8) is 0 Å². The van der Waals surface area contributed by atoms with Crippen LogP contribution in [0.25, 0.3) is 17.5 Å². The van der Waals surface area contributed by atoms with Crippen LogP contribution in [0.1, 0.15) is 17.2 Å². The van der Waals surface area contributed by atoms with Crippen LogP contribution in [0.3, 0.4) is 0 Å². The van der Waals surface area contributed by atoms with Crippen LogP contribution in [0.5, 0.6) is 0 Å². The minimum atomic E-state index is -0.468. The third-order valence-corrected chi connectivity index (χ3v) is 3.19. The molecule has 0 N–H and O–H groups in total. The van der Waals surface area contributed by atoms with Gasteiger partial charge >= 0.3 is 5.97 Å². The molecule has 1 aromatic carbocycles. The molecule has 0 aliphatic carbocycles. The van der Waals surface area contributed by atoms with E-state index in [9.17, 15) is 4.79 Å². The van der Waals surface area contributed by atoms with Crippen molar-refractivity contribution in [3.05, 3.63) is 72.0 Å². The molecule has 0 radical (unpaired) electrons. The van der Waals surface area contributed by atoms with Crippen molar-refractivity contribution in [2.45, 2.75) is 13.5 Å². The summed E-state index contributed by atoms with van der Waals surface area (Å²) in [5.41, 5.74) is 1.48. The maximum Gasteiger partial charge on any atom is 0.331 e. The van der Waals surface area contributed by atoms with E-state index in [0.717, 1.165) is 5.56 Å². The van der Waals surface area contributed by atoms with E-state index in [1.54, 1.807) is 25.1 Å². The van der Waals surface area contributed by atoms with Crippen LogP contribution in [-0.4, -0.2) is 11.0 Å². The van der Waals surface area contributed by atoms with Crippen molar-refractivity contribution in [2.24, 2.45) is 0 Å². The molecule has 0 unspecified atom stereocenters. The Bertz CT molecular complexity index is 801. The predicted octanol–water partition coefficient (Wildman–Crippen LogP) is 4.00. The fraction of sp³-hybridized carbons (Fsp3) is 0.111. The summed E-state index contributed by atoms with van der Waals surface area (Å²) >= 11 is 0. The second kappa shape index (κ2) is 6.79. The maximum atomic E-state index is 11.7. The van der Waals surface area contributed by atoms with Crippen molar-refractivity contribution in [3.8, 4) is 11.5 Å². The van der Waals surface area contributed by atoms with Crippen LogP contribution in [0.2, 0.25) is 0 Å². The Balaban J connectivity index is 1.62. The highest BCUT2D eigenvalue weighted by Gasteiger charge is 2.12. The van der Waals surface area contributed by atoms with Crippen molar-refractivity contribution >= 4 is 12.0 Å². The molecule has 0 amide bonds. The van der Waals surface area contributed by atoms with Crippen LogP contribution >= 0.6 is 0 Å². The van der Waals surface area contributed by atoms with Gasteiger partial charge in [-0.1, -0.05) is 18.2 Å². The van der Waals surface area contributed by atoms with E-state index in [1.165, 1.54) is 12.3 Å². The minimum absolute atomic E-state index is 0.0590. The first-order chi connectivity index (χ1) is 11.2. The molecule has 5 heteroatoms. The maximum absolute atomic E-state index is 11.7. The fourth-order valence-electron chi connectivity index (χ4n) is 1.99. The first-order valence-electron chi connectivity index (χ1n) is 7.12. The normalized spacial score (nSPS) is 11.0. The molecule has 0 atom stereocenters. The van der Waals surface area contributed by atoms with Crippen LogP contribution in [-0.2, 0) is 16.1 Å². The zero-order chi connectivity index (χ0) is 16.1. The van der Waals surface area contributed by atoms with Gasteiger partial charge in [-0.05, 0) is 37.3 Å². The number of nitrogens with zero attached hydrogens (tertiary/aromatic N) is 1. The SMILES string of the molecule is Cc1oc(-c2ccccc2)nc1COC(=O)/C=C/c1ccco1. The van der Waals surface area contributed by atoms with Gasteiger partial charge in [-0.25, -0.2) is 9.78 Å². The van der Waals surface area contributed by atoms with Gasteiger partial charge in [0.2, 0.25) is 5.89 Å². The molecule has 0 aliphatic rings. The number of hydrogen-bond donors (Lipinski definition) is 0. The highest BCUT2D eigenvalue weighted by Crippen LogP contribution is 2.21. The van der Waals surface area contributed by atoms with E-state index in [2.05, 4.69) is 4.98 Å². The molecule has 2 heterocycles. The van der Waals surface area contributed by atoms with E-state index in [4.69, 9.17) is 13.6 Å². The molecule has 0 saturated carbocycles. The van der Waals surface area contributed by atoms with Gasteiger partial charge in [0, 0.05) is 11.6 Å². The lowest BCUT2D eigenvalue weighted by Crippen LogP contribution is -2.01. The number of carbonyl (C=O) groups is 1. The van der Waals surface area contributed by atoms with Gasteiger partial charge in [-0.3, -0.25) is 0 Å². The highest BCUT2D eigenvalue weighted by molar-refractivity contribution is 5.86. The summed E-state index contributed by atoms with van der Waals surface area (Å²) in [7, 11) is 0. The first-order valence-corrected chi connectivity index (χ1v) is 7.12. The summed E-state index contributed by atoms with van der Waals surface area (Å²) in [5, 5.41) is 0. The number of oxazole rings is 1. The van der Waals surface area contributed by atoms with Gasteiger partial charge in [0.25, 0.3) is 0 Å². The van der Waals surface area contributed by atoms with E-state index in [-0.39, 0.29) is 6.61 Å². The lowest BCUT2D eigenvalue weighted by Gasteiger charge is -1.98. The zero-order valence-electron chi connectivity index (χ0n) is 12.6. The Morgan fingerprint density at radius 2 is 2.04 bits per heavy atom. The number of aryl methyl sites for hydroxylation is 1. The fourth-order valence-corrected chi connectivity index (χ4v) is 1.99. The number of aromatic nitrogens is 1. The summed E-state index contributed by atoms with van der Waals surface area (Å²) in [4.78, 5) is 16.1. The Hall–Kier alpha value is -3.08. The molecule has 2 aromatic heterocycles. The number of ether oxygens (including phenoxy) is 1. The summed E-state index contributed by atoms with van der Waals surface area (Å²) in [5.74, 6) is 1.27. The third kappa shape index (κ3) is 3.77. The quantitative estimate of drug-likeness (QED) is 0.526. The second-order valence-corrected chi connectivity index (χ2v) is 4.84. The molecule has 0 spiro atoms. The number of esters is 1. The summed E-state index contributed by atoms with van der Waals surface area (Å²) in [6, 6.07) is 13.1. The number of furan rings is 1. The Morgan fingerprint density at radius 1 is 1.22 bits per heavy atom. The minimum Gasteiger partial charge on any atom is -0.465 e. The van der Waals surface area contributed by atoms with Gasteiger partial charge < -0.3 is 13.6 Å². The molecule has 0 aliphatic heterocycles. The van der Waals surface area contributed by atoms with Crippen molar-refractivity contribution in [2.75, 3.05) is 0 Å². The average Bonchev–Trinajstić information content (AvgIpc) is 3.21. The molecule has 23 heavy (non-hydrogen) atoms. The van der Waals surface area contributed by atoms with Crippen LogP contribution < -0.4 is 0 Å². The molecule has 3 rings (SSSR count). The van der Waals surface area contributed by atoms with Gasteiger partial charge in [0.05, 0.1) is 6.26 Å². The molecule has 0 saturated heterocycles. The molecular formula is C18H15NO4. The number of rotatable bonds is 5. The van der Waals surface area contributed by atoms with E-state index in [0.29, 0.717) is 23.1 Å². The number of carbonyl (C=O) groups excluding carboxylic acids is 1. The monoisotopic (exact) mass is 309 g/mol. The molecule has 0 fully saturated rings. The lowest BCUT2D eigenvalue weighted by molar-refractivity contribution is -0.139. The van der Waals surface area contributed by atoms with Crippen LogP contribution in [0.4, 0.5) is 0 Å². The largest absolute Gasteiger partial charge is 0.465 e. The Kier molecular flexibility index (Phi) is 4.38.